The number of thiazole rings is 1. The van der Waals surface area contributed by atoms with E-state index in [1.165, 1.54) is 0 Å². The van der Waals surface area contributed by atoms with Crippen molar-refractivity contribution in [2.75, 3.05) is 5.73 Å². The van der Waals surface area contributed by atoms with Crippen molar-refractivity contribution in [3.05, 3.63) is 26.8 Å². The normalized spacial score (nSPS) is 13.0. The quantitative estimate of drug-likeness (QED) is 0.923. The lowest BCUT2D eigenvalue weighted by Crippen LogP contribution is -2.10. The fourth-order valence-corrected chi connectivity index (χ4v) is 2.32. The Morgan fingerprint density at radius 1 is 1.60 bits per heavy atom. The molecule has 0 amide bonds. The minimum atomic E-state index is 0.127. The number of aromatic nitrogens is 3. The summed E-state index contributed by atoms with van der Waals surface area (Å²) in [5.74, 6) is 0.661. The smallest absolute Gasteiger partial charge is 0.137 e. The van der Waals surface area contributed by atoms with Crippen molar-refractivity contribution >= 4 is 33.1 Å². The molecule has 0 fully saturated rings. The molecule has 4 nitrogen and oxygen atoms in total. The number of nitrogens with zero attached hydrogens (tertiary/aromatic N) is 3. The standard InChI is InChI=1S/C9H11BrN4S/c1-5-8(10)9(11)14(13-5)6(2)7-3-12-4-15-7/h3-4,6H,11H2,1-2H3. The van der Waals surface area contributed by atoms with Crippen LogP contribution in [0.2, 0.25) is 0 Å². The lowest BCUT2D eigenvalue weighted by Gasteiger charge is -2.11. The van der Waals surface area contributed by atoms with E-state index in [1.54, 1.807) is 11.3 Å². The van der Waals surface area contributed by atoms with Crippen molar-refractivity contribution in [2.24, 2.45) is 0 Å². The minimum absolute atomic E-state index is 0.127. The van der Waals surface area contributed by atoms with Gasteiger partial charge < -0.3 is 5.73 Å². The summed E-state index contributed by atoms with van der Waals surface area (Å²) in [4.78, 5) is 5.20. The molecule has 1 atom stereocenters. The van der Waals surface area contributed by atoms with E-state index in [0.29, 0.717) is 5.82 Å². The second-order valence-electron chi connectivity index (χ2n) is 3.31. The molecule has 2 aromatic rings. The molecule has 0 aliphatic carbocycles. The molecule has 6 heteroatoms. The maximum Gasteiger partial charge on any atom is 0.137 e. The van der Waals surface area contributed by atoms with Crippen LogP contribution in [0.3, 0.4) is 0 Å². The molecule has 2 N–H and O–H groups in total. The van der Waals surface area contributed by atoms with Gasteiger partial charge in [-0.05, 0) is 29.8 Å². The Labute approximate surface area is 100 Å². The van der Waals surface area contributed by atoms with E-state index in [0.717, 1.165) is 15.0 Å². The van der Waals surface area contributed by atoms with Crippen molar-refractivity contribution in [1.29, 1.82) is 0 Å². The first kappa shape index (κ1) is 10.6. The number of nitrogens with two attached hydrogens (primary N) is 1. The highest BCUT2D eigenvalue weighted by molar-refractivity contribution is 9.10. The van der Waals surface area contributed by atoms with Crippen molar-refractivity contribution < 1.29 is 0 Å². The van der Waals surface area contributed by atoms with Gasteiger partial charge in [0.05, 0.1) is 21.7 Å². The summed E-state index contributed by atoms with van der Waals surface area (Å²) in [6.45, 7) is 3.99. The zero-order chi connectivity index (χ0) is 11.0. The van der Waals surface area contributed by atoms with E-state index in [4.69, 9.17) is 5.73 Å². The molecule has 1 unspecified atom stereocenters. The number of halogens is 1. The van der Waals surface area contributed by atoms with Gasteiger partial charge in [0.1, 0.15) is 5.82 Å². The number of rotatable bonds is 2. The number of anilines is 1. The minimum Gasteiger partial charge on any atom is -0.383 e. The van der Waals surface area contributed by atoms with Gasteiger partial charge >= 0.3 is 0 Å². The molecule has 0 saturated heterocycles. The highest BCUT2D eigenvalue weighted by atomic mass is 79.9. The lowest BCUT2D eigenvalue weighted by atomic mass is 10.3. The highest BCUT2D eigenvalue weighted by Gasteiger charge is 2.17. The second-order valence-corrected chi connectivity index (χ2v) is 5.02. The van der Waals surface area contributed by atoms with Crippen LogP contribution in [0.25, 0.3) is 0 Å². The zero-order valence-corrected chi connectivity index (χ0v) is 10.8. The molecule has 2 rings (SSSR count). The van der Waals surface area contributed by atoms with E-state index in [9.17, 15) is 0 Å². The van der Waals surface area contributed by atoms with Crippen LogP contribution in [0.4, 0.5) is 5.82 Å². The summed E-state index contributed by atoms with van der Waals surface area (Å²) in [5, 5.41) is 4.39. The molecule has 0 radical (unpaired) electrons. The molecule has 0 spiro atoms. The van der Waals surface area contributed by atoms with E-state index in [1.807, 2.05) is 23.3 Å². The molecule has 0 saturated carbocycles. The molecule has 0 aromatic carbocycles. The van der Waals surface area contributed by atoms with Gasteiger partial charge in [0.15, 0.2) is 0 Å². The van der Waals surface area contributed by atoms with E-state index in [2.05, 4.69) is 32.9 Å². The van der Waals surface area contributed by atoms with Gasteiger partial charge in [-0.3, -0.25) is 4.98 Å². The van der Waals surface area contributed by atoms with Gasteiger partial charge in [-0.1, -0.05) is 0 Å². The largest absolute Gasteiger partial charge is 0.383 e. The van der Waals surface area contributed by atoms with Crippen LogP contribution in [0.1, 0.15) is 23.5 Å². The molecular formula is C9H11BrN4S. The average molecular weight is 287 g/mol. The maximum atomic E-state index is 5.95. The molecule has 0 aliphatic heterocycles. The van der Waals surface area contributed by atoms with Crippen LogP contribution in [-0.4, -0.2) is 14.8 Å². The Balaban J connectivity index is 2.42. The highest BCUT2D eigenvalue weighted by Crippen LogP contribution is 2.29. The van der Waals surface area contributed by atoms with Crippen LogP contribution >= 0.6 is 27.3 Å². The Bertz CT molecular complexity index is 463. The lowest BCUT2D eigenvalue weighted by molar-refractivity contribution is 0.576. The molecule has 0 bridgehead atoms. The Kier molecular flexibility index (Phi) is 2.79. The topological polar surface area (TPSA) is 56.7 Å². The predicted molar refractivity (Wildman–Crippen MR) is 65.0 cm³/mol. The monoisotopic (exact) mass is 286 g/mol. The third-order valence-corrected chi connectivity index (χ3v) is 4.20. The third-order valence-electron chi connectivity index (χ3n) is 2.28. The fourth-order valence-electron chi connectivity index (χ4n) is 1.39. The fraction of sp³-hybridized carbons (Fsp3) is 0.333. The van der Waals surface area contributed by atoms with Crippen LogP contribution in [0.15, 0.2) is 16.2 Å². The van der Waals surface area contributed by atoms with Crippen molar-refractivity contribution in [1.82, 2.24) is 14.8 Å². The van der Waals surface area contributed by atoms with Crippen LogP contribution in [-0.2, 0) is 0 Å². The number of hydrogen-bond acceptors (Lipinski definition) is 4. The van der Waals surface area contributed by atoms with Crippen LogP contribution in [0.5, 0.6) is 0 Å². The molecule has 0 aliphatic rings. The number of aryl methyl sites for hydroxylation is 1. The molecule has 80 valence electrons. The summed E-state index contributed by atoms with van der Waals surface area (Å²) in [6, 6.07) is 0.127. The Morgan fingerprint density at radius 2 is 2.33 bits per heavy atom. The average Bonchev–Trinajstić information content (AvgIpc) is 2.82. The van der Waals surface area contributed by atoms with Gasteiger partial charge in [-0.25, -0.2) is 4.68 Å². The first-order valence-corrected chi connectivity index (χ1v) is 6.17. The van der Waals surface area contributed by atoms with Gasteiger partial charge in [-0.2, -0.15) is 5.10 Å². The second kappa shape index (κ2) is 3.94. The third kappa shape index (κ3) is 1.79. The van der Waals surface area contributed by atoms with Crippen molar-refractivity contribution in [3.8, 4) is 0 Å². The van der Waals surface area contributed by atoms with Gasteiger partial charge in [-0.15, -0.1) is 11.3 Å². The maximum absolute atomic E-state index is 5.95. The van der Waals surface area contributed by atoms with Crippen LogP contribution < -0.4 is 5.73 Å². The summed E-state index contributed by atoms with van der Waals surface area (Å²) >= 11 is 5.02. The molecular weight excluding hydrogens is 276 g/mol. The SMILES string of the molecule is Cc1nn(C(C)c2cncs2)c(N)c1Br. The molecule has 2 aromatic heterocycles. The number of nitrogen functional groups attached to an aromatic ring is 1. The van der Waals surface area contributed by atoms with Crippen molar-refractivity contribution in [3.63, 3.8) is 0 Å². The first-order valence-electron chi connectivity index (χ1n) is 4.49. The van der Waals surface area contributed by atoms with Gasteiger partial charge in [0.2, 0.25) is 0 Å². The number of hydrogen-bond donors (Lipinski definition) is 1. The summed E-state index contributed by atoms with van der Waals surface area (Å²) in [5.41, 5.74) is 8.67. The van der Waals surface area contributed by atoms with Gasteiger partial charge in [0, 0.05) is 11.1 Å². The van der Waals surface area contributed by atoms with Gasteiger partial charge in [0.25, 0.3) is 0 Å². The molecule has 2 heterocycles. The van der Waals surface area contributed by atoms with E-state index >= 15 is 0 Å². The van der Waals surface area contributed by atoms with E-state index < -0.39 is 0 Å². The summed E-state index contributed by atoms with van der Waals surface area (Å²) in [6.07, 6.45) is 1.85. The molecule has 15 heavy (non-hydrogen) atoms. The van der Waals surface area contributed by atoms with Crippen LogP contribution in [0, 0.1) is 6.92 Å². The predicted octanol–water partition coefficient (Wildman–Crippen LogP) is 2.60. The Hall–Kier alpha value is -0.880. The Morgan fingerprint density at radius 3 is 2.80 bits per heavy atom. The zero-order valence-electron chi connectivity index (χ0n) is 8.44. The summed E-state index contributed by atoms with van der Waals surface area (Å²) in [7, 11) is 0. The van der Waals surface area contributed by atoms with Crippen molar-refractivity contribution in [2.45, 2.75) is 19.9 Å². The van der Waals surface area contributed by atoms with E-state index in [-0.39, 0.29) is 6.04 Å². The first-order chi connectivity index (χ1) is 7.11. The summed E-state index contributed by atoms with van der Waals surface area (Å²) < 4.78 is 2.69.